The Labute approximate surface area is 168 Å². The van der Waals surface area contributed by atoms with Gasteiger partial charge in [0.05, 0.1) is 5.92 Å². The average molecular weight is 392 g/mol. The van der Waals surface area contributed by atoms with Gasteiger partial charge in [-0.25, -0.2) is 0 Å². The van der Waals surface area contributed by atoms with E-state index in [4.69, 9.17) is 16.0 Å². The Morgan fingerprint density at radius 1 is 0.889 bits per heavy atom. The van der Waals surface area contributed by atoms with E-state index in [9.17, 15) is 0 Å². The third-order valence-electron chi connectivity index (χ3n) is 8.32. The molecule has 2 bridgehead atoms. The Morgan fingerprint density at radius 2 is 1.63 bits per heavy atom. The molecule has 27 heavy (non-hydrogen) atoms. The van der Waals surface area contributed by atoms with E-state index in [1.807, 2.05) is 0 Å². The fourth-order valence-electron chi connectivity index (χ4n) is 6.74. The lowest BCUT2D eigenvalue weighted by atomic mass is 9.68. The van der Waals surface area contributed by atoms with E-state index in [0.29, 0.717) is 29.2 Å². The van der Waals surface area contributed by atoms with E-state index >= 15 is 0 Å². The predicted octanol–water partition coefficient (Wildman–Crippen LogP) is 5.48. The molecular formula is C22H34ClN3O. The first-order valence-corrected chi connectivity index (χ1v) is 11.8. The van der Waals surface area contributed by atoms with Crippen molar-refractivity contribution in [3.8, 4) is 0 Å². The summed E-state index contributed by atoms with van der Waals surface area (Å²) in [7, 11) is 2.32. The Bertz CT molecular complexity index is 635. The molecule has 5 rings (SSSR count). The first kappa shape index (κ1) is 18.4. The second kappa shape index (κ2) is 7.67. The van der Waals surface area contributed by atoms with Crippen molar-refractivity contribution in [2.24, 2.45) is 11.8 Å². The molecule has 3 heterocycles. The molecule has 0 spiro atoms. The van der Waals surface area contributed by atoms with Gasteiger partial charge in [-0.2, -0.15) is 0 Å². The van der Waals surface area contributed by atoms with Crippen molar-refractivity contribution >= 4 is 11.6 Å². The maximum Gasteiger partial charge on any atom is 0.221 e. The fourth-order valence-corrected chi connectivity index (χ4v) is 6.99. The molecule has 4 atom stereocenters. The SMILES string of the molecule is CN1C2CCC1C(c1nnc(C3CCCCC3)o1)C(C1CCC(Cl)CC1)C2. The molecule has 0 amide bonds. The zero-order valence-corrected chi connectivity index (χ0v) is 17.4. The normalized spacial score (nSPS) is 41.1. The van der Waals surface area contributed by atoms with Gasteiger partial charge in [-0.1, -0.05) is 19.3 Å². The van der Waals surface area contributed by atoms with Crippen LogP contribution in [0.5, 0.6) is 0 Å². The number of rotatable bonds is 3. The second-order valence-electron chi connectivity index (χ2n) is 9.71. The Balaban J connectivity index is 1.41. The lowest BCUT2D eigenvalue weighted by Gasteiger charge is -2.45. The number of aromatic nitrogens is 2. The van der Waals surface area contributed by atoms with Gasteiger partial charge < -0.3 is 4.42 Å². The monoisotopic (exact) mass is 391 g/mol. The molecule has 150 valence electrons. The highest BCUT2D eigenvalue weighted by Gasteiger charge is 2.50. The number of alkyl halides is 1. The summed E-state index contributed by atoms with van der Waals surface area (Å²) in [6.45, 7) is 0. The van der Waals surface area contributed by atoms with E-state index in [1.165, 1.54) is 77.0 Å². The van der Waals surface area contributed by atoms with E-state index in [-0.39, 0.29) is 0 Å². The van der Waals surface area contributed by atoms with Crippen LogP contribution in [0.2, 0.25) is 0 Å². The number of nitrogens with zero attached hydrogens (tertiary/aromatic N) is 3. The lowest BCUT2D eigenvalue weighted by Crippen LogP contribution is -2.47. The molecule has 2 aliphatic heterocycles. The van der Waals surface area contributed by atoms with Crippen molar-refractivity contribution in [3.05, 3.63) is 11.8 Å². The van der Waals surface area contributed by atoms with Gasteiger partial charge in [0.1, 0.15) is 0 Å². The van der Waals surface area contributed by atoms with Gasteiger partial charge in [-0.15, -0.1) is 21.8 Å². The van der Waals surface area contributed by atoms with Gasteiger partial charge in [-0.3, -0.25) is 4.90 Å². The van der Waals surface area contributed by atoms with Crippen LogP contribution in [0.1, 0.15) is 101 Å². The Kier molecular flexibility index (Phi) is 5.23. The van der Waals surface area contributed by atoms with E-state index in [0.717, 1.165) is 23.7 Å². The maximum absolute atomic E-state index is 6.43. The molecule has 4 nitrogen and oxygen atoms in total. The minimum absolute atomic E-state index is 0.393. The number of fused-ring (bicyclic) bond motifs is 2. The third kappa shape index (κ3) is 3.46. The molecule has 0 N–H and O–H groups in total. The highest BCUT2D eigenvalue weighted by molar-refractivity contribution is 6.20. The summed E-state index contributed by atoms with van der Waals surface area (Å²) < 4.78 is 6.43. The van der Waals surface area contributed by atoms with Crippen molar-refractivity contribution in [1.82, 2.24) is 15.1 Å². The molecule has 0 radical (unpaired) electrons. The van der Waals surface area contributed by atoms with Gasteiger partial charge in [0.15, 0.2) is 0 Å². The van der Waals surface area contributed by atoms with Gasteiger partial charge in [0.2, 0.25) is 11.8 Å². The standard InChI is InChI=1S/C22H34ClN3O/c1-26-17-11-12-19(26)20(18(13-17)14-7-9-16(23)10-8-14)22-25-24-21(27-22)15-5-3-2-4-6-15/h14-20H,2-13H2,1H3. The minimum Gasteiger partial charge on any atom is -0.425 e. The lowest BCUT2D eigenvalue weighted by molar-refractivity contribution is 0.0515. The largest absolute Gasteiger partial charge is 0.425 e. The summed E-state index contributed by atoms with van der Waals surface area (Å²) in [5, 5.41) is 9.61. The molecule has 4 fully saturated rings. The van der Waals surface area contributed by atoms with E-state index < -0.39 is 0 Å². The van der Waals surface area contributed by atoms with Gasteiger partial charge in [0, 0.05) is 23.4 Å². The molecule has 2 aliphatic carbocycles. The van der Waals surface area contributed by atoms with Crippen LogP contribution in [-0.4, -0.2) is 39.6 Å². The van der Waals surface area contributed by atoms with Crippen LogP contribution in [0.15, 0.2) is 4.42 Å². The quantitative estimate of drug-likeness (QED) is 0.639. The van der Waals surface area contributed by atoms with Gasteiger partial charge in [0.25, 0.3) is 0 Å². The summed E-state index contributed by atoms with van der Waals surface area (Å²) in [6, 6.07) is 1.34. The van der Waals surface area contributed by atoms with Gasteiger partial charge in [-0.05, 0) is 76.7 Å². The van der Waals surface area contributed by atoms with Gasteiger partial charge >= 0.3 is 0 Å². The van der Waals surface area contributed by atoms with Crippen LogP contribution < -0.4 is 0 Å². The van der Waals surface area contributed by atoms with Crippen LogP contribution in [0, 0.1) is 11.8 Å². The highest BCUT2D eigenvalue weighted by Crippen LogP contribution is 2.52. The van der Waals surface area contributed by atoms with Crippen molar-refractivity contribution in [3.63, 3.8) is 0 Å². The Hall–Kier alpha value is -0.610. The number of hydrogen-bond donors (Lipinski definition) is 0. The summed E-state index contributed by atoms with van der Waals surface area (Å²) in [5.41, 5.74) is 0. The smallest absolute Gasteiger partial charge is 0.221 e. The molecule has 1 aromatic heterocycles. The third-order valence-corrected chi connectivity index (χ3v) is 8.75. The van der Waals surface area contributed by atoms with Crippen molar-refractivity contribution in [1.29, 1.82) is 0 Å². The summed E-state index contributed by atoms with van der Waals surface area (Å²) in [4.78, 5) is 2.62. The maximum atomic E-state index is 6.43. The van der Waals surface area contributed by atoms with Crippen molar-refractivity contribution in [2.75, 3.05) is 7.05 Å². The zero-order valence-electron chi connectivity index (χ0n) is 16.7. The number of likely N-dealkylation sites (N-methyl/N-ethyl adjacent to an activating group) is 1. The molecule has 2 saturated heterocycles. The van der Waals surface area contributed by atoms with Crippen molar-refractivity contribution < 1.29 is 4.42 Å². The molecule has 4 aliphatic rings. The van der Waals surface area contributed by atoms with E-state index in [1.54, 1.807) is 0 Å². The summed E-state index contributed by atoms with van der Waals surface area (Å²) in [5.74, 6) is 4.29. The topological polar surface area (TPSA) is 42.2 Å². The molecule has 5 heteroatoms. The fraction of sp³-hybridized carbons (Fsp3) is 0.909. The molecule has 1 aromatic rings. The molecular weight excluding hydrogens is 358 g/mol. The number of hydrogen-bond acceptors (Lipinski definition) is 4. The molecule has 2 saturated carbocycles. The number of halogens is 1. The molecule has 4 unspecified atom stereocenters. The summed E-state index contributed by atoms with van der Waals surface area (Å²) in [6.07, 6.45) is 15.3. The van der Waals surface area contributed by atoms with Crippen LogP contribution in [-0.2, 0) is 0 Å². The second-order valence-corrected chi connectivity index (χ2v) is 10.3. The summed E-state index contributed by atoms with van der Waals surface area (Å²) >= 11 is 6.41. The predicted molar refractivity (Wildman–Crippen MR) is 107 cm³/mol. The van der Waals surface area contributed by atoms with Crippen LogP contribution in [0.25, 0.3) is 0 Å². The van der Waals surface area contributed by atoms with Crippen LogP contribution in [0.4, 0.5) is 0 Å². The minimum atomic E-state index is 0.393. The van der Waals surface area contributed by atoms with Crippen LogP contribution in [0.3, 0.4) is 0 Å². The molecule has 0 aromatic carbocycles. The first-order valence-electron chi connectivity index (χ1n) is 11.4. The van der Waals surface area contributed by atoms with Crippen molar-refractivity contribution in [2.45, 2.75) is 106 Å². The number of piperidine rings is 1. The highest BCUT2D eigenvalue weighted by atomic mass is 35.5. The van der Waals surface area contributed by atoms with E-state index in [2.05, 4.69) is 22.1 Å². The van der Waals surface area contributed by atoms with Crippen LogP contribution >= 0.6 is 11.6 Å². The first-order chi connectivity index (χ1) is 13.2. The zero-order chi connectivity index (χ0) is 18.4. The Morgan fingerprint density at radius 3 is 2.41 bits per heavy atom. The average Bonchev–Trinajstić information content (AvgIpc) is 3.26.